The Labute approximate surface area is 114 Å². The van der Waals surface area contributed by atoms with Crippen LogP contribution in [0.25, 0.3) is 0 Å². The van der Waals surface area contributed by atoms with Crippen molar-refractivity contribution < 1.29 is 9.18 Å². The summed E-state index contributed by atoms with van der Waals surface area (Å²) in [6.45, 7) is 4.74. The van der Waals surface area contributed by atoms with Crippen LogP contribution in [0.1, 0.15) is 25.8 Å². The molecular weight excluding hydrogens is 243 g/mol. The van der Waals surface area contributed by atoms with Crippen molar-refractivity contribution >= 4 is 5.91 Å². The number of amides is 1. The van der Waals surface area contributed by atoms with E-state index < -0.39 is 0 Å². The molecule has 0 aliphatic rings. The molecule has 0 aromatic heterocycles. The van der Waals surface area contributed by atoms with Crippen molar-refractivity contribution in [2.45, 2.75) is 32.2 Å². The quantitative estimate of drug-likeness (QED) is 0.856. The van der Waals surface area contributed by atoms with Crippen LogP contribution in [0.5, 0.6) is 0 Å². The normalized spacial score (nSPS) is 11.7. The van der Waals surface area contributed by atoms with Crippen molar-refractivity contribution in [2.24, 2.45) is 0 Å². The molecule has 3 nitrogen and oxygen atoms in total. The molecule has 19 heavy (non-hydrogen) atoms. The first-order valence-corrected chi connectivity index (χ1v) is 6.50. The number of benzene rings is 1. The molecule has 1 aromatic carbocycles. The number of nitrogens with one attached hydrogen (secondary N) is 1. The van der Waals surface area contributed by atoms with Crippen molar-refractivity contribution in [1.29, 1.82) is 0 Å². The number of hydrogen-bond donors (Lipinski definition) is 1. The van der Waals surface area contributed by atoms with E-state index in [1.807, 2.05) is 20.2 Å². The fraction of sp³-hybridized carbons (Fsp3) is 0.533. The van der Waals surface area contributed by atoms with Crippen LogP contribution in [0.15, 0.2) is 24.3 Å². The van der Waals surface area contributed by atoms with E-state index in [1.165, 1.54) is 12.1 Å². The first-order valence-electron chi connectivity index (χ1n) is 6.50. The van der Waals surface area contributed by atoms with Gasteiger partial charge in [-0.3, -0.25) is 4.79 Å². The highest BCUT2D eigenvalue weighted by atomic mass is 19.1. The van der Waals surface area contributed by atoms with Gasteiger partial charge in [0.05, 0.1) is 0 Å². The van der Waals surface area contributed by atoms with E-state index in [4.69, 9.17) is 0 Å². The molecule has 1 rings (SSSR count). The Morgan fingerprint density at radius 1 is 1.37 bits per heavy atom. The Bertz CT molecular complexity index is 430. The molecule has 0 spiro atoms. The van der Waals surface area contributed by atoms with Gasteiger partial charge in [-0.15, -0.1) is 0 Å². The van der Waals surface area contributed by atoms with Crippen molar-refractivity contribution in [2.75, 3.05) is 20.6 Å². The van der Waals surface area contributed by atoms with Crippen LogP contribution in [-0.4, -0.2) is 37.0 Å². The zero-order valence-corrected chi connectivity index (χ0v) is 12.2. The summed E-state index contributed by atoms with van der Waals surface area (Å²) in [4.78, 5) is 13.8. The van der Waals surface area contributed by atoms with E-state index in [2.05, 4.69) is 24.1 Å². The largest absolute Gasteiger partial charge is 0.354 e. The van der Waals surface area contributed by atoms with Crippen LogP contribution >= 0.6 is 0 Å². The topological polar surface area (TPSA) is 32.3 Å². The van der Waals surface area contributed by atoms with Gasteiger partial charge >= 0.3 is 0 Å². The van der Waals surface area contributed by atoms with Crippen molar-refractivity contribution in [1.82, 2.24) is 10.2 Å². The maximum Gasteiger partial charge on any atom is 0.220 e. The molecule has 0 fully saturated rings. The average Bonchev–Trinajstić information content (AvgIpc) is 2.34. The zero-order chi connectivity index (χ0) is 14.5. The lowest BCUT2D eigenvalue weighted by atomic mass is 10.0. The highest BCUT2D eigenvalue weighted by molar-refractivity contribution is 5.76. The van der Waals surface area contributed by atoms with Crippen molar-refractivity contribution in [3.63, 3.8) is 0 Å². The molecule has 1 N–H and O–H groups in total. The number of halogens is 1. The maximum atomic E-state index is 13.0. The number of likely N-dealkylation sites (N-methyl/N-ethyl adjacent to an activating group) is 1. The molecule has 1 amide bonds. The lowest BCUT2D eigenvalue weighted by Crippen LogP contribution is -2.48. The summed E-state index contributed by atoms with van der Waals surface area (Å²) in [6, 6.07) is 6.37. The van der Waals surface area contributed by atoms with Gasteiger partial charge in [-0.1, -0.05) is 12.1 Å². The summed E-state index contributed by atoms with van der Waals surface area (Å²) >= 11 is 0. The van der Waals surface area contributed by atoms with E-state index in [0.29, 0.717) is 19.4 Å². The highest BCUT2D eigenvalue weighted by Gasteiger charge is 2.20. The predicted octanol–water partition coefficient (Wildman–Crippen LogP) is 2.21. The van der Waals surface area contributed by atoms with Gasteiger partial charge in [0.15, 0.2) is 0 Å². The van der Waals surface area contributed by atoms with E-state index in [0.717, 1.165) is 5.56 Å². The summed E-state index contributed by atoms with van der Waals surface area (Å²) in [5.74, 6) is -0.258. The second-order valence-electron chi connectivity index (χ2n) is 5.61. The maximum absolute atomic E-state index is 13.0. The SMILES string of the molecule is CN(C)C(C)(C)CNC(=O)CCc1cccc(F)c1. The van der Waals surface area contributed by atoms with E-state index >= 15 is 0 Å². The van der Waals surface area contributed by atoms with Crippen LogP contribution in [0.2, 0.25) is 0 Å². The molecule has 0 heterocycles. The number of hydrogen-bond acceptors (Lipinski definition) is 2. The Kier molecular flexibility index (Phi) is 5.48. The Morgan fingerprint density at radius 3 is 2.63 bits per heavy atom. The third-order valence-corrected chi connectivity index (χ3v) is 3.46. The Hall–Kier alpha value is -1.42. The molecular formula is C15H23FN2O. The second kappa shape index (κ2) is 6.66. The smallest absolute Gasteiger partial charge is 0.220 e. The number of carbonyl (C=O) groups excluding carboxylic acids is 1. The van der Waals surface area contributed by atoms with Crippen molar-refractivity contribution in [3.05, 3.63) is 35.6 Å². The number of aryl methyl sites for hydroxylation is 1. The van der Waals surface area contributed by atoms with Gasteiger partial charge in [-0.25, -0.2) is 4.39 Å². The number of carbonyl (C=O) groups is 1. The molecule has 0 radical (unpaired) electrons. The van der Waals surface area contributed by atoms with Gasteiger partial charge in [0.1, 0.15) is 5.82 Å². The predicted molar refractivity (Wildman–Crippen MR) is 75.5 cm³/mol. The number of nitrogens with zero attached hydrogens (tertiary/aromatic N) is 1. The molecule has 0 aliphatic heterocycles. The van der Waals surface area contributed by atoms with Gasteiger partial charge in [0.25, 0.3) is 0 Å². The third-order valence-electron chi connectivity index (χ3n) is 3.46. The molecule has 4 heteroatoms. The minimum absolute atomic E-state index is 0.000753. The molecule has 1 aromatic rings. The zero-order valence-electron chi connectivity index (χ0n) is 12.2. The lowest BCUT2D eigenvalue weighted by Gasteiger charge is -2.32. The van der Waals surface area contributed by atoms with E-state index in [1.54, 1.807) is 6.07 Å². The summed E-state index contributed by atoms with van der Waals surface area (Å²) in [5.41, 5.74) is 0.774. The Balaban J connectivity index is 2.36. The monoisotopic (exact) mass is 266 g/mol. The van der Waals surface area contributed by atoms with Gasteiger partial charge in [0.2, 0.25) is 5.91 Å². The number of rotatable bonds is 6. The average molecular weight is 266 g/mol. The minimum Gasteiger partial charge on any atom is -0.354 e. The molecule has 0 atom stereocenters. The molecule has 0 saturated carbocycles. The Morgan fingerprint density at radius 2 is 2.05 bits per heavy atom. The van der Waals surface area contributed by atoms with Gasteiger partial charge in [-0.05, 0) is 52.1 Å². The fourth-order valence-corrected chi connectivity index (χ4v) is 1.51. The van der Waals surface area contributed by atoms with Crippen LogP contribution in [0.3, 0.4) is 0 Å². The van der Waals surface area contributed by atoms with E-state index in [-0.39, 0.29) is 17.3 Å². The molecule has 106 valence electrons. The third kappa shape index (κ3) is 5.39. The molecule has 0 bridgehead atoms. The summed E-state index contributed by atoms with van der Waals surface area (Å²) in [5, 5.41) is 2.91. The van der Waals surface area contributed by atoms with Crippen LogP contribution in [0, 0.1) is 5.82 Å². The summed E-state index contributed by atoms with van der Waals surface area (Å²) in [7, 11) is 3.97. The fourth-order valence-electron chi connectivity index (χ4n) is 1.51. The summed E-state index contributed by atoms with van der Waals surface area (Å²) < 4.78 is 13.0. The van der Waals surface area contributed by atoms with Crippen LogP contribution in [0.4, 0.5) is 4.39 Å². The first-order chi connectivity index (χ1) is 8.81. The molecule has 0 unspecified atom stereocenters. The van der Waals surface area contributed by atoms with Gasteiger partial charge in [-0.2, -0.15) is 0 Å². The second-order valence-corrected chi connectivity index (χ2v) is 5.61. The van der Waals surface area contributed by atoms with Gasteiger partial charge < -0.3 is 10.2 Å². The van der Waals surface area contributed by atoms with Gasteiger partial charge in [0, 0.05) is 18.5 Å². The summed E-state index contributed by atoms with van der Waals surface area (Å²) in [6.07, 6.45) is 0.943. The standard InChI is InChI=1S/C15H23FN2O/c1-15(2,18(3)4)11-17-14(19)9-8-12-6-5-7-13(16)10-12/h5-7,10H,8-9,11H2,1-4H3,(H,17,19). The first kappa shape index (κ1) is 15.6. The van der Waals surface area contributed by atoms with Crippen molar-refractivity contribution in [3.8, 4) is 0 Å². The van der Waals surface area contributed by atoms with Crippen LogP contribution in [-0.2, 0) is 11.2 Å². The molecule has 0 aliphatic carbocycles. The lowest BCUT2D eigenvalue weighted by molar-refractivity contribution is -0.121. The van der Waals surface area contributed by atoms with Crippen LogP contribution < -0.4 is 5.32 Å². The minimum atomic E-state index is -0.258. The highest BCUT2D eigenvalue weighted by Crippen LogP contribution is 2.09. The van der Waals surface area contributed by atoms with E-state index in [9.17, 15) is 9.18 Å². The molecule has 0 saturated heterocycles.